The fourth-order valence-electron chi connectivity index (χ4n) is 2.61. The Morgan fingerprint density at radius 2 is 2.04 bits per heavy atom. The summed E-state index contributed by atoms with van der Waals surface area (Å²) < 4.78 is 0. The molecule has 1 atom stereocenters. The molecule has 1 fully saturated rings. The van der Waals surface area contributed by atoms with Crippen LogP contribution in [0, 0.1) is 0 Å². The number of benzene rings is 1. The molecule has 2 N–H and O–H groups in total. The number of aromatic nitrogens is 2. The number of hydrogen-bond donors (Lipinski definition) is 2. The monoisotopic (exact) mass is 324 g/mol. The molecule has 6 nitrogen and oxygen atoms in total. The van der Waals surface area contributed by atoms with Gasteiger partial charge in [-0.1, -0.05) is 12.1 Å². The molecule has 3 heterocycles. The maximum absolute atomic E-state index is 12.1. The summed E-state index contributed by atoms with van der Waals surface area (Å²) >= 11 is 1.59. The maximum Gasteiger partial charge on any atom is 0.322 e. The van der Waals surface area contributed by atoms with Crippen LogP contribution in [0.4, 0.5) is 4.79 Å². The van der Waals surface area contributed by atoms with Gasteiger partial charge in [-0.2, -0.15) is 0 Å². The highest BCUT2D eigenvalue weighted by molar-refractivity contribution is 7.13. The van der Waals surface area contributed by atoms with Crippen LogP contribution >= 0.6 is 11.3 Å². The fourth-order valence-corrected chi connectivity index (χ4v) is 3.29. The van der Waals surface area contributed by atoms with Crippen molar-refractivity contribution in [3.05, 3.63) is 47.5 Å². The lowest BCUT2D eigenvalue weighted by Crippen LogP contribution is -2.40. The Bertz CT molecular complexity index is 938. The molecular weight excluding hydrogens is 312 g/mol. The normalized spacial score (nSPS) is 20.6. The topological polar surface area (TPSA) is 84.0 Å². The molecule has 3 amide bonds. The Balaban J connectivity index is 1.84. The summed E-state index contributed by atoms with van der Waals surface area (Å²) in [6, 6.07) is 8.84. The molecule has 0 aliphatic carbocycles. The molecule has 4 rings (SSSR count). The van der Waals surface area contributed by atoms with E-state index in [2.05, 4.69) is 20.6 Å². The predicted molar refractivity (Wildman–Crippen MR) is 86.9 cm³/mol. The molecule has 1 aromatic carbocycles. The summed E-state index contributed by atoms with van der Waals surface area (Å²) in [7, 11) is 0. The highest BCUT2D eigenvalue weighted by Gasteiger charge is 2.43. The number of nitrogens with one attached hydrogen (secondary N) is 2. The minimum atomic E-state index is -1.09. The Hall–Kier alpha value is -2.80. The van der Waals surface area contributed by atoms with E-state index in [0.717, 1.165) is 16.1 Å². The van der Waals surface area contributed by atoms with Gasteiger partial charge in [0.2, 0.25) is 0 Å². The number of hydrogen-bond acceptors (Lipinski definition) is 5. The van der Waals surface area contributed by atoms with E-state index < -0.39 is 11.6 Å². The van der Waals surface area contributed by atoms with Gasteiger partial charge in [0.05, 0.1) is 27.8 Å². The van der Waals surface area contributed by atoms with Gasteiger partial charge in [0.25, 0.3) is 5.91 Å². The summed E-state index contributed by atoms with van der Waals surface area (Å²) in [4.78, 5) is 33.6. The zero-order valence-corrected chi connectivity index (χ0v) is 13.0. The number of urea groups is 1. The number of fused-ring (bicyclic) bond motifs is 1. The van der Waals surface area contributed by atoms with Crippen LogP contribution in [-0.2, 0) is 10.3 Å². The van der Waals surface area contributed by atoms with E-state index in [1.807, 2.05) is 17.5 Å². The Morgan fingerprint density at radius 3 is 2.74 bits per heavy atom. The molecule has 0 bridgehead atoms. The van der Waals surface area contributed by atoms with Gasteiger partial charge in [-0.15, -0.1) is 11.3 Å². The molecular formula is C16H12N4O2S. The quantitative estimate of drug-likeness (QED) is 0.709. The largest absolute Gasteiger partial charge is 0.322 e. The van der Waals surface area contributed by atoms with Crippen LogP contribution in [0.2, 0.25) is 0 Å². The molecule has 114 valence electrons. The van der Waals surface area contributed by atoms with E-state index in [9.17, 15) is 9.59 Å². The minimum absolute atomic E-state index is 0.371. The van der Waals surface area contributed by atoms with Crippen LogP contribution in [0.3, 0.4) is 0 Å². The van der Waals surface area contributed by atoms with Crippen molar-refractivity contribution >= 4 is 34.3 Å². The molecule has 7 heteroatoms. The Kier molecular flexibility index (Phi) is 2.92. The lowest BCUT2D eigenvalue weighted by Gasteiger charge is -2.21. The van der Waals surface area contributed by atoms with Gasteiger partial charge in [0.1, 0.15) is 5.54 Å². The van der Waals surface area contributed by atoms with E-state index in [-0.39, 0.29) is 5.91 Å². The summed E-state index contributed by atoms with van der Waals surface area (Å²) in [5.41, 5.74) is 1.79. The van der Waals surface area contributed by atoms with Crippen molar-refractivity contribution in [3.63, 3.8) is 0 Å². The minimum Gasteiger partial charge on any atom is -0.320 e. The lowest BCUT2D eigenvalue weighted by molar-refractivity contribution is -0.123. The van der Waals surface area contributed by atoms with Crippen molar-refractivity contribution in [2.75, 3.05) is 0 Å². The number of rotatable bonds is 2. The molecule has 1 saturated heterocycles. The first-order valence-electron chi connectivity index (χ1n) is 7.01. The molecule has 0 saturated carbocycles. The van der Waals surface area contributed by atoms with Gasteiger partial charge in [-0.3, -0.25) is 15.1 Å². The summed E-state index contributed by atoms with van der Waals surface area (Å²) in [6.45, 7) is 1.67. The Morgan fingerprint density at radius 1 is 1.17 bits per heavy atom. The SMILES string of the molecule is CC1(c2ccc3ncc(-c4cccs4)nc3c2)NC(=O)NC1=O. The molecule has 1 aliphatic rings. The zero-order chi connectivity index (χ0) is 16.0. The number of imide groups is 1. The van der Waals surface area contributed by atoms with Crippen LogP contribution in [0.15, 0.2) is 41.9 Å². The van der Waals surface area contributed by atoms with Crippen molar-refractivity contribution in [3.8, 4) is 10.6 Å². The van der Waals surface area contributed by atoms with Crippen LogP contribution in [0.1, 0.15) is 12.5 Å². The van der Waals surface area contributed by atoms with Crippen molar-refractivity contribution in [2.45, 2.75) is 12.5 Å². The van der Waals surface area contributed by atoms with Gasteiger partial charge >= 0.3 is 6.03 Å². The van der Waals surface area contributed by atoms with Crippen LogP contribution in [-0.4, -0.2) is 21.9 Å². The standard InChI is InChI=1S/C16H12N4O2S/c1-16(14(21)19-15(22)20-16)9-4-5-10-11(7-9)18-12(8-17-10)13-3-2-6-23-13/h2-8H,1H3,(H2,19,20,21,22). The van der Waals surface area contributed by atoms with Crippen molar-refractivity contribution in [1.82, 2.24) is 20.6 Å². The molecule has 2 aromatic heterocycles. The number of nitrogens with zero attached hydrogens (tertiary/aromatic N) is 2. The second kappa shape index (κ2) is 4.85. The van der Waals surface area contributed by atoms with E-state index in [1.54, 1.807) is 42.7 Å². The molecule has 1 unspecified atom stereocenters. The van der Waals surface area contributed by atoms with Crippen LogP contribution in [0.25, 0.3) is 21.6 Å². The third kappa shape index (κ3) is 2.17. The molecule has 3 aromatic rings. The lowest BCUT2D eigenvalue weighted by atomic mass is 9.92. The molecule has 23 heavy (non-hydrogen) atoms. The first-order chi connectivity index (χ1) is 11.1. The zero-order valence-electron chi connectivity index (χ0n) is 12.2. The number of carbonyl (C=O) groups excluding carboxylic acids is 2. The van der Waals surface area contributed by atoms with E-state index >= 15 is 0 Å². The van der Waals surface area contributed by atoms with Crippen LogP contribution in [0.5, 0.6) is 0 Å². The Labute approximate surface area is 135 Å². The first kappa shape index (κ1) is 13.8. The average molecular weight is 324 g/mol. The van der Waals surface area contributed by atoms with E-state index in [0.29, 0.717) is 11.1 Å². The first-order valence-corrected chi connectivity index (χ1v) is 7.89. The summed E-state index contributed by atoms with van der Waals surface area (Å²) in [5, 5.41) is 6.90. The van der Waals surface area contributed by atoms with Gasteiger partial charge < -0.3 is 5.32 Å². The molecule has 0 spiro atoms. The van der Waals surface area contributed by atoms with Gasteiger partial charge in [0.15, 0.2) is 0 Å². The second-order valence-corrected chi connectivity index (χ2v) is 6.42. The third-order valence-corrected chi connectivity index (χ3v) is 4.83. The summed E-state index contributed by atoms with van der Waals surface area (Å²) in [6.07, 6.45) is 1.74. The van der Waals surface area contributed by atoms with Gasteiger partial charge in [-0.25, -0.2) is 9.78 Å². The van der Waals surface area contributed by atoms with Gasteiger partial charge in [-0.05, 0) is 36.1 Å². The fraction of sp³-hybridized carbons (Fsp3) is 0.125. The predicted octanol–water partition coefficient (Wildman–Crippen LogP) is 2.41. The highest BCUT2D eigenvalue weighted by Crippen LogP contribution is 2.28. The van der Waals surface area contributed by atoms with Gasteiger partial charge in [0, 0.05) is 0 Å². The second-order valence-electron chi connectivity index (χ2n) is 5.47. The van der Waals surface area contributed by atoms with E-state index in [1.165, 1.54) is 0 Å². The summed E-state index contributed by atoms with van der Waals surface area (Å²) in [5.74, 6) is -0.371. The maximum atomic E-state index is 12.1. The average Bonchev–Trinajstić information content (AvgIpc) is 3.15. The van der Waals surface area contributed by atoms with Crippen molar-refractivity contribution < 1.29 is 9.59 Å². The number of amides is 3. The van der Waals surface area contributed by atoms with Crippen molar-refractivity contribution in [1.29, 1.82) is 0 Å². The molecule has 0 radical (unpaired) electrons. The van der Waals surface area contributed by atoms with E-state index in [4.69, 9.17) is 0 Å². The highest BCUT2D eigenvalue weighted by atomic mass is 32.1. The third-order valence-electron chi connectivity index (χ3n) is 3.94. The van der Waals surface area contributed by atoms with Crippen molar-refractivity contribution in [2.24, 2.45) is 0 Å². The molecule has 1 aliphatic heterocycles. The number of thiophene rings is 1. The smallest absolute Gasteiger partial charge is 0.320 e. The number of carbonyl (C=O) groups is 2. The van der Waals surface area contributed by atoms with Crippen LogP contribution < -0.4 is 10.6 Å².